The maximum atomic E-state index is 13.2. The molecule has 0 aromatic heterocycles. The highest BCUT2D eigenvalue weighted by atomic mass is 19.1. The predicted molar refractivity (Wildman–Crippen MR) is 49.5 cm³/mol. The van der Waals surface area contributed by atoms with Crippen molar-refractivity contribution >= 4 is 0 Å². The third-order valence-corrected chi connectivity index (χ3v) is 1.79. The molecular formula is C10H12F2O3. The third-order valence-electron chi connectivity index (χ3n) is 1.79. The van der Waals surface area contributed by atoms with Crippen LogP contribution < -0.4 is 4.74 Å². The van der Waals surface area contributed by atoms with Crippen LogP contribution in [0.4, 0.5) is 8.78 Å². The molecule has 84 valence electrons. The molecule has 5 heteroatoms. The van der Waals surface area contributed by atoms with Crippen LogP contribution in [0, 0.1) is 11.6 Å². The van der Waals surface area contributed by atoms with Gasteiger partial charge in [0.1, 0.15) is 0 Å². The van der Waals surface area contributed by atoms with Gasteiger partial charge in [-0.25, -0.2) is 8.78 Å². The second-order valence-corrected chi connectivity index (χ2v) is 2.97. The van der Waals surface area contributed by atoms with Crippen LogP contribution in [0.1, 0.15) is 12.0 Å². The van der Waals surface area contributed by atoms with Gasteiger partial charge in [-0.15, -0.1) is 0 Å². The molecule has 0 atom stereocenters. The zero-order valence-corrected chi connectivity index (χ0v) is 8.04. The van der Waals surface area contributed by atoms with Crippen LogP contribution in [0.5, 0.6) is 5.75 Å². The Morgan fingerprint density at radius 3 is 2.20 bits per heavy atom. The van der Waals surface area contributed by atoms with Crippen molar-refractivity contribution < 1.29 is 23.7 Å². The molecule has 0 unspecified atom stereocenters. The first kappa shape index (κ1) is 11.9. The van der Waals surface area contributed by atoms with Gasteiger partial charge in [-0.1, -0.05) is 0 Å². The average molecular weight is 218 g/mol. The lowest BCUT2D eigenvalue weighted by molar-refractivity contribution is 0.222. The molecule has 1 aromatic rings. The highest BCUT2D eigenvalue weighted by Crippen LogP contribution is 2.23. The molecule has 2 N–H and O–H groups in total. The smallest absolute Gasteiger partial charge is 0.190 e. The van der Waals surface area contributed by atoms with Crippen molar-refractivity contribution in [3.63, 3.8) is 0 Å². The molecule has 0 spiro atoms. The van der Waals surface area contributed by atoms with E-state index < -0.39 is 24.0 Å². The molecule has 0 aliphatic carbocycles. The lowest BCUT2D eigenvalue weighted by Crippen LogP contribution is -2.04. The average Bonchev–Trinajstić information content (AvgIpc) is 2.22. The summed E-state index contributed by atoms with van der Waals surface area (Å²) < 4.78 is 31.2. The maximum Gasteiger partial charge on any atom is 0.190 e. The third kappa shape index (κ3) is 3.14. The second-order valence-electron chi connectivity index (χ2n) is 2.97. The number of hydrogen-bond acceptors (Lipinski definition) is 3. The minimum atomic E-state index is -0.850. The first-order valence-electron chi connectivity index (χ1n) is 4.51. The second kappa shape index (κ2) is 5.63. The number of rotatable bonds is 5. The van der Waals surface area contributed by atoms with Gasteiger partial charge < -0.3 is 14.9 Å². The van der Waals surface area contributed by atoms with Crippen LogP contribution in [0.3, 0.4) is 0 Å². The quantitative estimate of drug-likeness (QED) is 0.730. The van der Waals surface area contributed by atoms with Gasteiger partial charge >= 0.3 is 0 Å². The summed E-state index contributed by atoms with van der Waals surface area (Å²) in [5.74, 6) is -2.17. The van der Waals surface area contributed by atoms with E-state index in [1.54, 1.807) is 0 Å². The molecule has 0 bridgehead atoms. The molecule has 0 fully saturated rings. The van der Waals surface area contributed by atoms with Gasteiger partial charge in [0.25, 0.3) is 0 Å². The van der Waals surface area contributed by atoms with Crippen molar-refractivity contribution in [2.45, 2.75) is 13.0 Å². The summed E-state index contributed by atoms with van der Waals surface area (Å²) in [5.41, 5.74) is 0.152. The first-order chi connectivity index (χ1) is 7.19. The first-order valence-corrected chi connectivity index (χ1v) is 4.51. The summed E-state index contributed by atoms with van der Waals surface area (Å²) in [5, 5.41) is 17.1. The highest BCUT2D eigenvalue weighted by Gasteiger charge is 2.11. The van der Waals surface area contributed by atoms with Gasteiger partial charge in [-0.05, 0) is 17.7 Å². The zero-order valence-electron chi connectivity index (χ0n) is 8.04. The lowest BCUT2D eigenvalue weighted by Gasteiger charge is -2.08. The van der Waals surface area contributed by atoms with Gasteiger partial charge in [0.15, 0.2) is 17.4 Å². The van der Waals surface area contributed by atoms with Crippen molar-refractivity contribution in [2.75, 3.05) is 13.2 Å². The Hall–Kier alpha value is -1.20. The monoisotopic (exact) mass is 218 g/mol. The Labute approximate surface area is 85.9 Å². The van der Waals surface area contributed by atoms with E-state index in [1.807, 2.05) is 0 Å². The Kier molecular flexibility index (Phi) is 4.45. The Morgan fingerprint density at radius 2 is 1.73 bits per heavy atom. The van der Waals surface area contributed by atoms with E-state index >= 15 is 0 Å². The summed E-state index contributed by atoms with van der Waals surface area (Å²) >= 11 is 0. The SMILES string of the molecule is OCCCOc1c(F)cc(CO)cc1F. The summed E-state index contributed by atoms with van der Waals surface area (Å²) in [6.45, 7) is -0.481. The van der Waals surface area contributed by atoms with Gasteiger partial charge in [-0.2, -0.15) is 0 Å². The van der Waals surface area contributed by atoms with Crippen LogP contribution in [-0.2, 0) is 6.61 Å². The molecule has 3 nitrogen and oxygen atoms in total. The van der Waals surface area contributed by atoms with Crippen molar-refractivity contribution in [3.05, 3.63) is 29.3 Å². The molecular weight excluding hydrogens is 206 g/mol. The van der Waals surface area contributed by atoms with E-state index in [0.29, 0.717) is 6.42 Å². The lowest BCUT2D eigenvalue weighted by atomic mass is 10.2. The largest absolute Gasteiger partial charge is 0.488 e. The van der Waals surface area contributed by atoms with E-state index in [-0.39, 0.29) is 18.8 Å². The summed E-state index contributed by atoms with van der Waals surface area (Å²) in [6.07, 6.45) is 0.306. The summed E-state index contributed by atoms with van der Waals surface area (Å²) in [6, 6.07) is 2.02. The molecule has 0 saturated heterocycles. The van der Waals surface area contributed by atoms with Crippen LogP contribution in [-0.4, -0.2) is 23.4 Å². The summed E-state index contributed by atoms with van der Waals surface area (Å²) in [4.78, 5) is 0. The Morgan fingerprint density at radius 1 is 1.13 bits per heavy atom. The van der Waals surface area contributed by atoms with E-state index in [0.717, 1.165) is 12.1 Å². The number of ether oxygens (including phenoxy) is 1. The number of aliphatic hydroxyl groups is 2. The normalized spacial score (nSPS) is 10.4. The van der Waals surface area contributed by atoms with Crippen LogP contribution in [0.25, 0.3) is 0 Å². The number of hydrogen-bond donors (Lipinski definition) is 2. The Balaban J connectivity index is 2.79. The van der Waals surface area contributed by atoms with Crippen molar-refractivity contribution in [3.8, 4) is 5.75 Å². The molecule has 0 radical (unpaired) electrons. The topological polar surface area (TPSA) is 49.7 Å². The number of aliphatic hydroxyl groups excluding tert-OH is 2. The van der Waals surface area contributed by atoms with Crippen molar-refractivity contribution in [2.24, 2.45) is 0 Å². The molecule has 0 aliphatic rings. The van der Waals surface area contributed by atoms with Gasteiger partial charge in [0.05, 0.1) is 13.2 Å². The highest BCUT2D eigenvalue weighted by molar-refractivity contribution is 5.31. The van der Waals surface area contributed by atoms with Crippen LogP contribution in [0.2, 0.25) is 0 Å². The molecule has 1 aromatic carbocycles. The fourth-order valence-electron chi connectivity index (χ4n) is 1.08. The van der Waals surface area contributed by atoms with Gasteiger partial charge in [0.2, 0.25) is 0 Å². The predicted octanol–water partition coefficient (Wildman–Crippen LogP) is 1.22. The minimum absolute atomic E-state index is 0.0445. The number of halogens is 2. The number of benzene rings is 1. The molecule has 0 aliphatic heterocycles. The fourth-order valence-corrected chi connectivity index (χ4v) is 1.08. The molecule has 0 saturated carbocycles. The molecule has 1 rings (SSSR count). The van der Waals surface area contributed by atoms with E-state index in [9.17, 15) is 8.78 Å². The van der Waals surface area contributed by atoms with E-state index in [2.05, 4.69) is 0 Å². The zero-order chi connectivity index (χ0) is 11.3. The van der Waals surface area contributed by atoms with Gasteiger partial charge in [-0.3, -0.25) is 0 Å². The molecule has 0 heterocycles. The summed E-state index contributed by atoms with van der Waals surface area (Å²) in [7, 11) is 0. The fraction of sp³-hybridized carbons (Fsp3) is 0.400. The van der Waals surface area contributed by atoms with E-state index in [1.165, 1.54) is 0 Å². The van der Waals surface area contributed by atoms with Crippen molar-refractivity contribution in [1.29, 1.82) is 0 Å². The van der Waals surface area contributed by atoms with Crippen LogP contribution >= 0.6 is 0 Å². The van der Waals surface area contributed by atoms with Gasteiger partial charge in [0, 0.05) is 13.0 Å². The van der Waals surface area contributed by atoms with Crippen LogP contribution in [0.15, 0.2) is 12.1 Å². The minimum Gasteiger partial charge on any atom is -0.488 e. The van der Waals surface area contributed by atoms with Crippen molar-refractivity contribution in [1.82, 2.24) is 0 Å². The molecule has 15 heavy (non-hydrogen) atoms. The molecule has 0 amide bonds. The maximum absolute atomic E-state index is 13.2. The standard InChI is InChI=1S/C10H12F2O3/c11-8-4-7(6-14)5-9(12)10(8)15-3-1-2-13/h4-5,13-14H,1-3,6H2. The van der Waals surface area contributed by atoms with E-state index in [4.69, 9.17) is 14.9 Å². The Bertz CT molecular complexity index is 305.